The highest BCUT2D eigenvalue weighted by atomic mass is 32.2. The molecule has 0 spiro atoms. The van der Waals surface area contributed by atoms with E-state index in [1.54, 1.807) is 10.4 Å². The zero-order valence-electron chi connectivity index (χ0n) is 19.2. The first-order valence-corrected chi connectivity index (χ1v) is 13.7. The number of nitriles is 1. The van der Waals surface area contributed by atoms with Crippen LogP contribution in [0.25, 0.3) is 0 Å². The largest absolute Gasteiger partial charge is 0.317 e. The number of anilines is 1. The first-order valence-electron chi connectivity index (χ1n) is 11.4. The fourth-order valence-corrected chi connectivity index (χ4v) is 7.53. The fraction of sp³-hybridized carbons (Fsp3) is 0.500. The van der Waals surface area contributed by atoms with Crippen molar-refractivity contribution in [1.82, 2.24) is 9.21 Å². The van der Waals surface area contributed by atoms with Gasteiger partial charge in [-0.2, -0.15) is 9.57 Å². The Hall–Kier alpha value is -2.25. The van der Waals surface area contributed by atoms with Crippen molar-refractivity contribution in [3.63, 3.8) is 0 Å². The van der Waals surface area contributed by atoms with E-state index in [4.69, 9.17) is 0 Å². The molecule has 33 heavy (non-hydrogen) atoms. The molecule has 1 aromatic carbocycles. The maximum atomic E-state index is 13.1. The van der Waals surface area contributed by atoms with Gasteiger partial charge in [0.2, 0.25) is 15.9 Å². The number of carbonyl (C=O) groups excluding carboxylic acids is 1. The maximum Gasteiger partial charge on any atom is 0.243 e. The molecular formula is C24H30N4O3S2. The summed E-state index contributed by atoms with van der Waals surface area (Å²) in [5.41, 5.74) is 3.43. The highest BCUT2D eigenvalue weighted by Gasteiger charge is 2.30. The summed E-state index contributed by atoms with van der Waals surface area (Å²) in [4.78, 5) is 16.3. The Morgan fingerprint density at radius 1 is 1.15 bits per heavy atom. The number of fused-ring (bicyclic) bond motifs is 1. The lowest BCUT2D eigenvalue weighted by molar-refractivity contribution is -0.116. The van der Waals surface area contributed by atoms with Crippen LogP contribution in [0.1, 0.15) is 46.4 Å². The molecule has 0 atom stereocenters. The molecule has 1 aliphatic heterocycles. The van der Waals surface area contributed by atoms with E-state index >= 15 is 0 Å². The highest BCUT2D eigenvalue weighted by molar-refractivity contribution is 7.89. The first kappa shape index (κ1) is 23.9. The number of thiophene rings is 1. The van der Waals surface area contributed by atoms with Crippen LogP contribution >= 0.6 is 11.3 Å². The summed E-state index contributed by atoms with van der Waals surface area (Å²) in [6.07, 6.45) is 4.45. The van der Waals surface area contributed by atoms with Gasteiger partial charge in [-0.05, 0) is 62.3 Å². The minimum atomic E-state index is -3.52. The van der Waals surface area contributed by atoms with Gasteiger partial charge >= 0.3 is 0 Å². The van der Waals surface area contributed by atoms with E-state index in [9.17, 15) is 18.5 Å². The van der Waals surface area contributed by atoms with E-state index < -0.39 is 10.0 Å². The standard InChI is InChI=1S/C24H30N4O3S2/c1-17-7-8-18(2)22(15-17)33(30,31)28-13-11-27(12-14-28)10-9-23(29)26-24-20(16-25)19-5-3-4-6-21(19)32-24/h7-8,15H,3-6,9-14H2,1-2H3,(H,26,29). The van der Waals surface area contributed by atoms with Crippen LogP contribution in [0.3, 0.4) is 0 Å². The van der Waals surface area contributed by atoms with Crippen molar-refractivity contribution >= 4 is 32.3 Å². The lowest BCUT2D eigenvalue weighted by Crippen LogP contribution is -2.49. The molecule has 0 radical (unpaired) electrons. The minimum absolute atomic E-state index is 0.101. The summed E-state index contributed by atoms with van der Waals surface area (Å²) in [6.45, 7) is 6.29. The molecule has 4 rings (SSSR count). The van der Waals surface area contributed by atoms with Crippen LogP contribution in [-0.2, 0) is 27.7 Å². The van der Waals surface area contributed by atoms with Crippen LogP contribution in [0.2, 0.25) is 0 Å². The third kappa shape index (κ3) is 5.14. The van der Waals surface area contributed by atoms with Gasteiger partial charge in [0.15, 0.2) is 0 Å². The quantitative estimate of drug-likeness (QED) is 0.675. The zero-order chi connectivity index (χ0) is 23.6. The van der Waals surface area contributed by atoms with Gasteiger partial charge in [-0.25, -0.2) is 8.42 Å². The number of sulfonamides is 1. The average Bonchev–Trinajstić information content (AvgIpc) is 3.16. The second-order valence-electron chi connectivity index (χ2n) is 8.84. The van der Waals surface area contributed by atoms with Gasteiger partial charge < -0.3 is 10.2 Å². The Morgan fingerprint density at radius 2 is 1.88 bits per heavy atom. The van der Waals surface area contributed by atoms with Crippen LogP contribution < -0.4 is 5.32 Å². The lowest BCUT2D eigenvalue weighted by atomic mass is 9.96. The summed E-state index contributed by atoms with van der Waals surface area (Å²) in [6, 6.07) is 7.78. The topological polar surface area (TPSA) is 93.5 Å². The molecule has 0 saturated carbocycles. The van der Waals surface area contributed by atoms with E-state index in [0.717, 1.165) is 42.4 Å². The maximum absolute atomic E-state index is 13.1. The second-order valence-corrected chi connectivity index (χ2v) is 11.9. The van der Waals surface area contributed by atoms with Crippen LogP contribution in [0.15, 0.2) is 23.1 Å². The molecule has 2 heterocycles. The summed E-state index contributed by atoms with van der Waals surface area (Å²) < 4.78 is 27.7. The van der Waals surface area contributed by atoms with Gasteiger partial charge in [0, 0.05) is 44.0 Å². The Morgan fingerprint density at radius 3 is 2.61 bits per heavy atom. The SMILES string of the molecule is Cc1ccc(C)c(S(=O)(=O)N2CCN(CCC(=O)Nc3sc4c(c3C#N)CCCC4)CC2)c1. The molecule has 1 amide bonds. The summed E-state index contributed by atoms with van der Waals surface area (Å²) in [5.74, 6) is -0.101. The molecule has 0 unspecified atom stereocenters. The third-order valence-electron chi connectivity index (χ3n) is 6.48. The Bertz CT molecular complexity index is 1190. The number of rotatable bonds is 6. The lowest BCUT2D eigenvalue weighted by Gasteiger charge is -2.34. The molecule has 7 nitrogen and oxygen atoms in total. The van der Waals surface area contributed by atoms with Crippen molar-refractivity contribution in [3.8, 4) is 6.07 Å². The Balaban J connectivity index is 1.30. The normalized spacial score (nSPS) is 17.4. The molecule has 1 fully saturated rings. The van der Waals surface area contributed by atoms with Crippen molar-refractivity contribution in [3.05, 3.63) is 45.3 Å². The summed E-state index contributed by atoms with van der Waals surface area (Å²) in [5, 5.41) is 13.2. The number of hydrogen-bond acceptors (Lipinski definition) is 6. The van der Waals surface area contributed by atoms with Gasteiger partial charge in [0.1, 0.15) is 11.1 Å². The van der Waals surface area contributed by atoms with Crippen LogP contribution in [0.5, 0.6) is 0 Å². The third-order valence-corrected chi connectivity index (χ3v) is 9.73. The van der Waals surface area contributed by atoms with E-state index in [1.807, 2.05) is 26.0 Å². The Kier molecular flexibility index (Phi) is 7.19. The van der Waals surface area contributed by atoms with Crippen LogP contribution in [-0.4, -0.2) is 56.3 Å². The number of nitrogens with one attached hydrogen (secondary N) is 1. The predicted molar refractivity (Wildman–Crippen MR) is 130 cm³/mol. The van der Waals surface area contributed by atoms with Gasteiger partial charge in [-0.1, -0.05) is 12.1 Å². The van der Waals surface area contributed by atoms with Crippen LogP contribution in [0, 0.1) is 25.2 Å². The van der Waals surface area contributed by atoms with E-state index in [-0.39, 0.29) is 5.91 Å². The molecule has 2 aliphatic rings. The highest BCUT2D eigenvalue weighted by Crippen LogP contribution is 2.37. The van der Waals surface area contributed by atoms with Gasteiger partial charge in [-0.15, -0.1) is 11.3 Å². The van der Waals surface area contributed by atoms with Gasteiger partial charge in [0.25, 0.3) is 0 Å². The Labute approximate surface area is 200 Å². The van der Waals surface area contributed by atoms with Crippen molar-refractivity contribution in [2.45, 2.75) is 50.8 Å². The smallest absolute Gasteiger partial charge is 0.243 e. The molecule has 1 saturated heterocycles. The number of carbonyl (C=O) groups is 1. The minimum Gasteiger partial charge on any atom is -0.317 e. The molecule has 1 N–H and O–H groups in total. The second kappa shape index (κ2) is 9.94. The van der Waals surface area contributed by atoms with E-state index in [2.05, 4.69) is 16.3 Å². The predicted octanol–water partition coefficient (Wildman–Crippen LogP) is 3.45. The molecule has 1 aliphatic carbocycles. The molecule has 9 heteroatoms. The number of aryl methyl sites for hydroxylation is 3. The fourth-order valence-electron chi connectivity index (χ4n) is 4.54. The molecule has 0 bridgehead atoms. The molecule has 2 aromatic rings. The van der Waals surface area contributed by atoms with Crippen molar-refractivity contribution in [1.29, 1.82) is 5.26 Å². The number of benzene rings is 1. The number of amides is 1. The number of nitrogens with zero attached hydrogens (tertiary/aromatic N) is 3. The van der Waals surface area contributed by atoms with Crippen molar-refractivity contribution in [2.24, 2.45) is 0 Å². The summed E-state index contributed by atoms with van der Waals surface area (Å²) >= 11 is 1.54. The first-order chi connectivity index (χ1) is 15.8. The molecular weight excluding hydrogens is 456 g/mol. The molecule has 176 valence electrons. The van der Waals surface area contributed by atoms with Gasteiger partial charge in [-0.3, -0.25) is 4.79 Å². The zero-order valence-corrected chi connectivity index (χ0v) is 20.8. The summed E-state index contributed by atoms with van der Waals surface area (Å²) in [7, 11) is -3.52. The van der Waals surface area contributed by atoms with Crippen molar-refractivity contribution < 1.29 is 13.2 Å². The number of hydrogen-bond donors (Lipinski definition) is 1. The monoisotopic (exact) mass is 486 g/mol. The van der Waals surface area contributed by atoms with Crippen molar-refractivity contribution in [2.75, 3.05) is 38.0 Å². The van der Waals surface area contributed by atoms with E-state index in [0.29, 0.717) is 54.6 Å². The van der Waals surface area contributed by atoms with Crippen LogP contribution in [0.4, 0.5) is 5.00 Å². The number of piperazine rings is 1. The van der Waals surface area contributed by atoms with E-state index in [1.165, 1.54) is 16.2 Å². The van der Waals surface area contributed by atoms with Gasteiger partial charge in [0.05, 0.1) is 10.5 Å². The molecule has 1 aromatic heterocycles. The average molecular weight is 487 g/mol.